The van der Waals surface area contributed by atoms with Crippen molar-refractivity contribution in [3.63, 3.8) is 0 Å². The lowest BCUT2D eigenvalue weighted by Gasteiger charge is -2.09. The lowest BCUT2D eigenvalue weighted by molar-refractivity contribution is 0.0936. The topological polar surface area (TPSA) is 68.0 Å². The summed E-state index contributed by atoms with van der Waals surface area (Å²) in [4.78, 5) is 15.9. The number of thioether (sulfide) groups is 1. The molecule has 2 rings (SSSR count). The van der Waals surface area contributed by atoms with E-state index in [0.29, 0.717) is 18.3 Å². The molecule has 0 radical (unpaired) electrons. The van der Waals surface area contributed by atoms with E-state index >= 15 is 0 Å². The Morgan fingerprint density at radius 1 is 1.73 bits per heavy atom. The third-order valence-electron chi connectivity index (χ3n) is 2.22. The number of carbonyl (C=O) groups is 1. The molecule has 1 aromatic rings. The van der Waals surface area contributed by atoms with Crippen LogP contribution in [-0.4, -0.2) is 28.4 Å². The van der Waals surface area contributed by atoms with Gasteiger partial charge in [0.25, 0.3) is 5.91 Å². The Bertz CT molecular complexity index is 347. The Labute approximate surface area is 96.6 Å². The van der Waals surface area contributed by atoms with Crippen LogP contribution in [0.1, 0.15) is 21.9 Å². The molecule has 1 atom stereocenters. The number of amides is 1. The quantitative estimate of drug-likeness (QED) is 0.825. The van der Waals surface area contributed by atoms with Crippen molar-refractivity contribution in [1.82, 2.24) is 10.3 Å². The molecule has 0 bridgehead atoms. The van der Waals surface area contributed by atoms with Crippen LogP contribution in [0.4, 0.5) is 0 Å². The van der Waals surface area contributed by atoms with Gasteiger partial charge in [0.15, 0.2) is 0 Å². The zero-order valence-corrected chi connectivity index (χ0v) is 9.87. The van der Waals surface area contributed by atoms with Gasteiger partial charge < -0.3 is 11.1 Å². The Morgan fingerprint density at radius 3 is 3.20 bits per heavy atom. The average Bonchev–Trinajstić information content (AvgIpc) is 2.86. The fraction of sp³-hybridized carbons (Fsp3) is 0.556. The first-order valence-corrected chi connectivity index (χ1v) is 6.86. The predicted molar refractivity (Wildman–Crippen MR) is 63.2 cm³/mol. The van der Waals surface area contributed by atoms with E-state index < -0.39 is 0 Å². The minimum atomic E-state index is -0.0709. The van der Waals surface area contributed by atoms with Crippen LogP contribution in [0.2, 0.25) is 0 Å². The van der Waals surface area contributed by atoms with E-state index in [1.807, 2.05) is 11.8 Å². The summed E-state index contributed by atoms with van der Waals surface area (Å²) in [5.41, 5.74) is 5.94. The summed E-state index contributed by atoms with van der Waals surface area (Å²) >= 11 is 3.31. The summed E-state index contributed by atoms with van der Waals surface area (Å²) in [6.07, 6.45) is 1.06. The maximum absolute atomic E-state index is 11.7. The zero-order chi connectivity index (χ0) is 10.7. The minimum Gasteiger partial charge on any atom is -0.347 e. The van der Waals surface area contributed by atoms with E-state index in [9.17, 15) is 4.79 Å². The smallest absolute Gasteiger partial charge is 0.271 e. The monoisotopic (exact) mass is 243 g/mol. The summed E-state index contributed by atoms with van der Waals surface area (Å²) in [5.74, 6) is 2.08. The van der Waals surface area contributed by atoms with Gasteiger partial charge in [0.05, 0.1) is 0 Å². The second-order valence-electron chi connectivity index (χ2n) is 3.36. The molecule has 1 aliphatic heterocycles. The molecule has 1 fully saturated rings. The molecule has 1 saturated heterocycles. The van der Waals surface area contributed by atoms with Gasteiger partial charge in [0.2, 0.25) is 0 Å². The second-order valence-corrected chi connectivity index (χ2v) is 5.46. The van der Waals surface area contributed by atoms with Gasteiger partial charge in [0, 0.05) is 23.7 Å². The van der Waals surface area contributed by atoms with Crippen LogP contribution in [-0.2, 0) is 6.54 Å². The maximum atomic E-state index is 11.7. The number of hydrogen-bond donors (Lipinski definition) is 2. The van der Waals surface area contributed by atoms with Crippen LogP contribution < -0.4 is 11.1 Å². The highest BCUT2D eigenvalue weighted by atomic mass is 32.2. The highest BCUT2D eigenvalue weighted by Crippen LogP contribution is 2.17. The third kappa shape index (κ3) is 2.70. The molecule has 82 valence electrons. The summed E-state index contributed by atoms with van der Waals surface area (Å²) in [6, 6.07) is 0.311. The van der Waals surface area contributed by atoms with Gasteiger partial charge in [-0.05, 0) is 12.2 Å². The molecule has 3 N–H and O–H groups in total. The van der Waals surface area contributed by atoms with Gasteiger partial charge in [-0.25, -0.2) is 4.98 Å². The van der Waals surface area contributed by atoms with Crippen molar-refractivity contribution in [2.75, 3.05) is 11.5 Å². The second kappa shape index (κ2) is 4.96. The summed E-state index contributed by atoms with van der Waals surface area (Å²) in [7, 11) is 0. The Kier molecular flexibility index (Phi) is 3.61. The van der Waals surface area contributed by atoms with Crippen molar-refractivity contribution in [3.05, 3.63) is 16.1 Å². The van der Waals surface area contributed by atoms with E-state index in [4.69, 9.17) is 5.73 Å². The number of nitrogens with two attached hydrogens (primary N) is 1. The lowest BCUT2D eigenvalue weighted by Crippen LogP contribution is -2.34. The molecule has 15 heavy (non-hydrogen) atoms. The van der Waals surface area contributed by atoms with Gasteiger partial charge >= 0.3 is 0 Å². The SMILES string of the molecule is NCc1nc(C(=O)NC2CCSC2)cs1. The maximum Gasteiger partial charge on any atom is 0.271 e. The van der Waals surface area contributed by atoms with Crippen LogP contribution in [0.3, 0.4) is 0 Å². The summed E-state index contributed by atoms with van der Waals surface area (Å²) < 4.78 is 0. The first kappa shape index (κ1) is 10.9. The van der Waals surface area contributed by atoms with Crippen LogP contribution >= 0.6 is 23.1 Å². The number of carbonyl (C=O) groups excluding carboxylic acids is 1. The molecule has 6 heteroatoms. The van der Waals surface area contributed by atoms with Crippen molar-refractivity contribution in [1.29, 1.82) is 0 Å². The standard InChI is InChI=1S/C9H13N3OS2/c10-3-8-12-7(5-15-8)9(13)11-6-1-2-14-4-6/h5-6H,1-4,10H2,(H,11,13). The van der Waals surface area contributed by atoms with Gasteiger partial charge in [-0.1, -0.05) is 0 Å². The molecule has 0 saturated carbocycles. The van der Waals surface area contributed by atoms with Crippen molar-refractivity contribution in [2.45, 2.75) is 19.0 Å². The van der Waals surface area contributed by atoms with E-state index in [1.54, 1.807) is 5.38 Å². The normalized spacial score (nSPS) is 20.5. The van der Waals surface area contributed by atoms with Crippen LogP contribution in [0.15, 0.2) is 5.38 Å². The van der Waals surface area contributed by atoms with Gasteiger partial charge in [-0.3, -0.25) is 4.79 Å². The molecule has 1 amide bonds. The first-order chi connectivity index (χ1) is 7.29. The molecule has 1 unspecified atom stereocenters. The summed E-state index contributed by atoms with van der Waals surface area (Å²) in [6.45, 7) is 0.400. The minimum absolute atomic E-state index is 0.0709. The molecule has 1 aromatic heterocycles. The number of hydrogen-bond acceptors (Lipinski definition) is 5. The fourth-order valence-corrected chi connectivity index (χ4v) is 3.22. The highest BCUT2D eigenvalue weighted by molar-refractivity contribution is 7.99. The summed E-state index contributed by atoms with van der Waals surface area (Å²) in [5, 5.41) is 5.55. The van der Waals surface area contributed by atoms with Crippen LogP contribution in [0.5, 0.6) is 0 Å². The predicted octanol–water partition coefficient (Wildman–Crippen LogP) is 0.837. The lowest BCUT2D eigenvalue weighted by atomic mass is 10.2. The van der Waals surface area contributed by atoms with Gasteiger partial charge in [0.1, 0.15) is 10.7 Å². The average molecular weight is 243 g/mol. The van der Waals surface area contributed by atoms with Crippen molar-refractivity contribution < 1.29 is 4.79 Å². The van der Waals surface area contributed by atoms with Gasteiger partial charge in [-0.2, -0.15) is 11.8 Å². The molecular weight excluding hydrogens is 230 g/mol. The molecule has 0 aromatic carbocycles. The number of thiazole rings is 1. The number of nitrogens with one attached hydrogen (secondary N) is 1. The van der Waals surface area contributed by atoms with Crippen molar-refractivity contribution in [2.24, 2.45) is 5.73 Å². The molecule has 0 aliphatic carbocycles. The highest BCUT2D eigenvalue weighted by Gasteiger charge is 2.19. The molecule has 1 aliphatic rings. The van der Waals surface area contributed by atoms with Crippen LogP contribution in [0.25, 0.3) is 0 Å². The molecule has 4 nitrogen and oxygen atoms in total. The number of rotatable bonds is 3. The Hall–Kier alpha value is -0.590. The van der Waals surface area contributed by atoms with Gasteiger partial charge in [-0.15, -0.1) is 11.3 Å². The largest absolute Gasteiger partial charge is 0.347 e. The molecule has 2 heterocycles. The fourth-order valence-electron chi connectivity index (χ4n) is 1.42. The third-order valence-corrected chi connectivity index (χ3v) is 4.26. The number of nitrogens with zero attached hydrogens (tertiary/aromatic N) is 1. The van der Waals surface area contributed by atoms with E-state index in [0.717, 1.165) is 22.9 Å². The van der Waals surface area contributed by atoms with Crippen molar-refractivity contribution >= 4 is 29.0 Å². The first-order valence-electron chi connectivity index (χ1n) is 4.82. The number of aromatic nitrogens is 1. The van der Waals surface area contributed by atoms with Crippen molar-refractivity contribution in [3.8, 4) is 0 Å². The molecular formula is C9H13N3OS2. The van der Waals surface area contributed by atoms with Crippen LogP contribution in [0, 0.1) is 0 Å². The Balaban J connectivity index is 1.94. The van der Waals surface area contributed by atoms with E-state index in [-0.39, 0.29) is 5.91 Å². The zero-order valence-electron chi connectivity index (χ0n) is 8.23. The van der Waals surface area contributed by atoms with E-state index in [2.05, 4.69) is 10.3 Å². The van der Waals surface area contributed by atoms with E-state index in [1.165, 1.54) is 11.3 Å². The Morgan fingerprint density at radius 2 is 2.60 bits per heavy atom. The molecule has 0 spiro atoms.